The van der Waals surface area contributed by atoms with E-state index in [1.165, 1.54) is 0 Å². The van der Waals surface area contributed by atoms with Crippen LogP contribution in [0.5, 0.6) is 0 Å². The molecule has 3 rings (SSSR count). The molecular weight excluding hydrogens is 516 g/mol. The number of rotatable bonds is 6. The summed E-state index contributed by atoms with van der Waals surface area (Å²) in [5.74, 6) is 0. The van der Waals surface area contributed by atoms with E-state index in [1.807, 2.05) is 52.0 Å². The molecule has 1 aliphatic rings. The molecule has 0 amide bonds. The molecule has 0 radical (unpaired) electrons. The molecule has 8 heteroatoms. The Hall–Kier alpha value is -1.74. The average molecular weight is 563 g/mol. The number of sulfonamides is 2. The first kappa shape index (κ1) is 30.8. The van der Waals surface area contributed by atoms with Crippen molar-refractivity contribution in [3.8, 4) is 0 Å². The molecule has 212 valence electrons. The van der Waals surface area contributed by atoms with Gasteiger partial charge >= 0.3 is 0 Å². The third-order valence-electron chi connectivity index (χ3n) is 7.57. The van der Waals surface area contributed by atoms with Crippen molar-refractivity contribution in [1.29, 1.82) is 0 Å². The van der Waals surface area contributed by atoms with Crippen LogP contribution in [-0.2, 0) is 30.9 Å². The maximum absolute atomic E-state index is 13.6. The van der Waals surface area contributed by atoms with Gasteiger partial charge in [-0.05, 0) is 84.7 Å². The quantitative estimate of drug-likeness (QED) is 0.446. The first-order valence-electron chi connectivity index (χ1n) is 13.5. The maximum atomic E-state index is 13.6. The van der Waals surface area contributed by atoms with Crippen LogP contribution in [-0.4, -0.2) is 28.9 Å². The molecule has 0 aromatic heterocycles. The summed E-state index contributed by atoms with van der Waals surface area (Å²) in [6.07, 6.45) is 2.83. The van der Waals surface area contributed by atoms with Crippen molar-refractivity contribution in [1.82, 2.24) is 9.44 Å². The molecule has 0 aliphatic heterocycles. The first-order chi connectivity index (χ1) is 17.2. The molecular formula is C30H46N2O4S2. The Morgan fingerprint density at radius 2 is 0.842 bits per heavy atom. The van der Waals surface area contributed by atoms with E-state index in [2.05, 4.69) is 51.0 Å². The number of aryl methyl sites for hydroxylation is 4. The second kappa shape index (κ2) is 10.7. The van der Waals surface area contributed by atoms with Crippen LogP contribution in [0.15, 0.2) is 34.1 Å². The van der Waals surface area contributed by atoms with Gasteiger partial charge in [-0.1, -0.05) is 78.6 Å². The second-order valence-electron chi connectivity index (χ2n) is 13.1. The molecule has 6 nitrogen and oxygen atoms in total. The van der Waals surface area contributed by atoms with Gasteiger partial charge in [-0.25, -0.2) is 26.3 Å². The van der Waals surface area contributed by atoms with Gasteiger partial charge in [0.1, 0.15) is 0 Å². The predicted molar refractivity (Wildman–Crippen MR) is 156 cm³/mol. The summed E-state index contributed by atoms with van der Waals surface area (Å²) in [5.41, 5.74) is 4.75. The van der Waals surface area contributed by atoms with E-state index in [0.29, 0.717) is 35.1 Å². The van der Waals surface area contributed by atoms with Gasteiger partial charge in [0.05, 0.1) is 9.79 Å². The van der Waals surface area contributed by atoms with Gasteiger partial charge in [-0.2, -0.15) is 0 Å². The summed E-state index contributed by atoms with van der Waals surface area (Å²) in [7, 11) is -7.72. The van der Waals surface area contributed by atoms with Crippen molar-refractivity contribution >= 4 is 20.0 Å². The van der Waals surface area contributed by atoms with Crippen LogP contribution in [0.2, 0.25) is 0 Å². The lowest BCUT2D eigenvalue weighted by Crippen LogP contribution is -2.53. The zero-order valence-electron chi connectivity index (χ0n) is 24.7. The lowest BCUT2D eigenvalue weighted by atomic mass is 9.85. The zero-order valence-corrected chi connectivity index (χ0v) is 26.4. The molecule has 0 unspecified atom stereocenters. The van der Waals surface area contributed by atoms with Gasteiger partial charge in [-0.15, -0.1) is 0 Å². The molecule has 38 heavy (non-hydrogen) atoms. The number of hydrogen-bond donors (Lipinski definition) is 2. The highest BCUT2D eigenvalue weighted by atomic mass is 32.2. The van der Waals surface area contributed by atoms with Gasteiger partial charge < -0.3 is 0 Å². The number of nitrogens with one attached hydrogen (secondary N) is 2. The molecule has 2 aromatic carbocycles. The zero-order chi connectivity index (χ0) is 28.8. The SMILES string of the molecule is Cc1cc(C(C)(C)C)cc(C)c1S(=O)(=O)N[C@@H]1CCCC[C@H]1NS(=O)(=O)c1c(C)cc(C(C)(C)C)cc1C. The molecule has 0 bridgehead atoms. The predicted octanol–water partition coefficient (Wildman–Crippen LogP) is 6.08. The van der Waals surface area contributed by atoms with Crippen LogP contribution in [0.3, 0.4) is 0 Å². The number of hydrogen-bond acceptors (Lipinski definition) is 4. The highest BCUT2D eigenvalue weighted by Gasteiger charge is 2.35. The highest BCUT2D eigenvalue weighted by molar-refractivity contribution is 7.90. The lowest BCUT2D eigenvalue weighted by molar-refractivity contribution is 0.340. The topological polar surface area (TPSA) is 92.3 Å². The molecule has 1 saturated carbocycles. The van der Waals surface area contributed by atoms with E-state index in [4.69, 9.17) is 0 Å². The van der Waals surface area contributed by atoms with Gasteiger partial charge in [-0.3, -0.25) is 0 Å². The normalized spacial score (nSPS) is 19.5. The van der Waals surface area contributed by atoms with Gasteiger partial charge in [0.15, 0.2) is 0 Å². The van der Waals surface area contributed by atoms with E-state index in [-0.39, 0.29) is 20.6 Å². The van der Waals surface area contributed by atoms with Crippen molar-refractivity contribution < 1.29 is 16.8 Å². The standard InChI is InChI=1S/C30H46N2O4S2/c1-19-15-23(29(5,6)7)16-20(2)27(19)37(33,34)31-25-13-11-12-14-26(25)32-38(35,36)28-21(3)17-24(18-22(28)4)30(8,9)10/h15-18,25-26,31-32H,11-14H2,1-10H3/t25-,26-/m1/s1. The van der Waals surface area contributed by atoms with Crippen molar-refractivity contribution in [2.24, 2.45) is 0 Å². The Balaban J connectivity index is 1.92. The minimum Gasteiger partial charge on any atom is -0.207 e. The summed E-state index contributed by atoms with van der Waals surface area (Å²) in [6, 6.07) is 6.70. The monoisotopic (exact) mass is 562 g/mol. The molecule has 2 aromatic rings. The van der Waals surface area contributed by atoms with Crippen LogP contribution in [0.25, 0.3) is 0 Å². The van der Waals surface area contributed by atoms with Crippen molar-refractivity contribution in [3.05, 3.63) is 57.6 Å². The molecule has 1 fully saturated rings. The Kier molecular flexibility index (Phi) is 8.65. The summed E-state index contributed by atoms with van der Waals surface area (Å²) < 4.78 is 60.3. The maximum Gasteiger partial charge on any atom is 0.241 e. The molecule has 0 heterocycles. The van der Waals surface area contributed by atoms with Crippen molar-refractivity contribution in [2.45, 2.75) is 128 Å². The van der Waals surface area contributed by atoms with Gasteiger partial charge in [0.25, 0.3) is 0 Å². The summed E-state index contributed by atoms with van der Waals surface area (Å²) in [5, 5.41) is 0. The van der Waals surface area contributed by atoms with Crippen molar-refractivity contribution in [2.75, 3.05) is 0 Å². The summed E-state index contributed by atoms with van der Waals surface area (Å²) in [4.78, 5) is 0.560. The summed E-state index contributed by atoms with van der Waals surface area (Å²) in [6.45, 7) is 19.9. The molecule has 0 saturated heterocycles. The minimum atomic E-state index is -3.86. The van der Waals surface area contributed by atoms with Gasteiger partial charge in [0.2, 0.25) is 20.0 Å². The minimum absolute atomic E-state index is 0.0979. The Bertz CT molecular complexity index is 1260. The molecule has 2 atom stereocenters. The van der Waals surface area contributed by atoms with E-state index >= 15 is 0 Å². The fourth-order valence-corrected chi connectivity index (χ4v) is 9.07. The van der Waals surface area contributed by atoms with Crippen LogP contribution >= 0.6 is 0 Å². The molecule has 2 N–H and O–H groups in total. The van der Waals surface area contributed by atoms with Crippen molar-refractivity contribution in [3.63, 3.8) is 0 Å². The molecule has 1 aliphatic carbocycles. The highest BCUT2D eigenvalue weighted by Crippen LogP contribution is 2.32. The lowest BCUT2D eigenvalue weighted by Gasteiger charge is -2.33. The average Bonchev–Trinajstić information content (AvgIpc) is 2.72. The third kappa shape index (κ3) is 6.69. The van der Waals surface area contributed by atoms with Crippen LogP contribution in [0.1, 0.15) is 101 Å². The van der Waals surface area contributed by atoms with Crippen LogP contribution in [0, 0.1) is 27.7 Å². The van der Waals surface area contributed by atoms with E-state index in [0.717, 1.165) is 24.0 Å². The molecule has 0 spiro atoms. The van der Waals surface area contributed by atoms with E-state index < -0.39 is 32.1 Å². The smallest absolute Gasteiger partial charge is 0.207 e. The Morgan fingerprint density at radius 1 is 0.579 bits per heavy atom. The first-order valence-corrected chi connectivity index (χ1v) is 16.5. The van der Waals surface area contributed by atoms with Crippen LogP contribution in [0.4, 0.5) is 0 Å². The van der Waals surface area contributed by atoms with E-state index in [1.54, 1.807) is 0 Å². The van der Waals surface area contributed by atoms with Crippen LogP contribution < -0.4 is 9.44 Å². The third-order valence-corrected chi connectivity index (χ3v) is 11.2. The second-order valence-corrected chi connectivity index (χ2v) is 16.4. The summed E-state index contributed by atoms with van der Waals surface area (Å²) >= 11 is 0. The fourth-order valence-electron chi connectivity index (χ4n) is 5.54. The fraction of sp³-hybridized carbons (Fsp3) is 0.600. The Labute approximate surface area is 231 Å². The Morgan fingerprint density at radius 3 is 1.08 bits per heavy atom. The van der Waals surface area contributed by atoms with Gasteiger partial charge in [0, 0.05) is 12.1 Å². The number of benzene rings is 2. The largest absolute Gasteiger partial charge is 0.241 e. The van der Waals surface area contributed by atoms with E-state index in [9.17, 15) is 16.8 Å².